The Hall–Kier alpha value is -1.01. The molecule has 0 saturated carbocycles. The van der Waals surface area contributed by atoms with E-state index >= 15 is 0 Å². The van der Waals surface area contributed by atoms with Crippen molar-refractivity contribution in [2.24, 2.45) is 21.8 Å². The molecule has 0 radical (unpaired) electrons. The van der Waals surface area contributed by atoms with E-state index in [-0.39, 0.29) is 61.1 Å². The van der Waals surface area contributed by atoms with Gasteiger partial charge in [-0.15, -0.1) is 11.8 Å². The Morgan fingerprint density at radius 3 is 2.85 bits per heavy atom. The van der Waals surface area contributed by atoms with Gasteiger partial charge in [0.2, 0.25) is 0 Å². The number of cyclic esters (lactones) is 1. The van der Waals surface area contributed by atoms with Crippen molar-refractivity contribution in [2.75, 3.05) is 13.1 Å². The number of carbonyl (C=O) groups is 2. The maximum Gasteiger partial charge on any atom is 0.350 e. The van der Waals surface area contributed by atoms with E-state index in [9.17, 15) is 14.7 Å². The van der Waals surface area contributed by atoms with Crippen LogP contribution >= 0.6 is 32.8 Å². The minimum Gasteiger partial charge on any atom is -0.477 e. The highest BCUT2D eigenvalue weighted by Crippen LogP contribution is 2.49. The fourth-order valence-electron chi connectivity index (χ4n) is 4.13. The summed E-state index contributed by atoms with van der Waals surface area (Å²) < 4.78 is 9.40. The van der Waals surface area contributed by atoms with E-state index in [0.717, 1.165) is 13.1 Å². The van der Waals surface area contributed by atoms with Crippen LogP contribution in [0, 0.1) is 11.8 Å². The summed E-state index contributed by atoms with van der Waals surface area (Å²) in [5.74, 6) is -1.69. The number of halogens is 1. The normalized spacial score (nSPS) is 42.0. The smallest absolute Gasteiger partial charge is 0.350 e. The number of carboxylic acids is 1. The number of hydrazine groups is 1. The minimum atomic E-state index is -0.989. The SMILES string of the molecule is C[C@H]1OC(=O)[C@H]1[C@]1(C)N=C(C(=O)O)C(SC2CN3C=NC=IN3C2)[C@@H]1C. The Labute approximate surface area is 166 Å². The summed E-state index contributed by atoms with van der Waals surface area (Å²) in [6.45, 7) is 7.49. The number of fused-ring (bicyclic) bond motifs is 1. The number of aliphatic imine (C=N–C) groups is 2. The van der Waals surface area contributed by atoms with Gasteiger partial charge in [0.25, 0.3) is 0 Å². The van der Waals surface area contributed by atoms with Gasteiger partial charge in [-0.2, -0.15) is 3.22 Å². The van der Waals surface area contributed by atoms with Crippen LogP contribution < -0.4 is 0 Å². The van der Waals surface area contributed by atoms with E-state index in [0.29, 0.717) is 0 Å². The molecule has 1 N–H and O–H groups in total. The summed E-state index contributed by atoms with van der Waals surface area (Å²) in [7, 11) is 0. The van der Waals surface area contributed by atoms with Crippen LogP contribution in [0.2, 0.25) is 0 Å². The largest absolute Gasteiger partial charge is 0.477 e. The second kappa shape index (κ2) is 6.55. The predicted molar refractivity (Wildman–Crippen MR) is 109 cm³/mol. The first-order valence-electron chi connectivity index (χ1n) is 8.53. The van der Waals surface area contributed by atoms with E-state index in [1.807, 2.05) is 31.2 Å². The maximum atomic E-state index is 12.0. The summed E-state index contributed by atoms with van der Waals surface area (Å²) in [6.07, 6.45) is 1.62. The van der Waals surface area contributed by atoms with Gasteiger partial charge >= 0.3 is 11.9 Å². The van der Waals surface area contributed by atoms with Crippen LogP contribution in [-0.4, -0.2) is 76.7 Å². The molecule has 0 amide bonds. The number of aliphatic carboxylic acids is 1. The van der Waals surface area contributed by atoms with Gasteiger partial charge in [-0.3, -0.25) is 14.8 Å². The van der Waals surface area contributed by atoms with E-state index in [1.54, 1.807) is 11.8 Å². The number of carboxylic acid groups (broad SMARTS) is 1. The van der Waals surface area contributed by atoms with Gasteiger partial charge in [0, 0.05) is 39.3 Å². The average molecular weight is 492 g/mol. The summed E-state index contributed by atoms with van der Waals surface area (Å²) in [5.41, 5.74) is -0.541. The van der Waals surface area contributed by atoms with Crippen molar-refractivity contribution in [3.63, 3.8) is 0 Å². The Morgan fingerprint density at radius 1 is 1.46 bits per heavy atom. The predicted octanol–water partition coefficient (Wildman–Crippen LogP) is 1.17. The lowest BCUT2D eigenvalue weighted by Gasteiger charge is -2.44. The Balaban J connectivity index is 1.55. The molecule has 0 bridgehead atoms. The van der Waals surface area contributed by atoms with Crippen molar-refractivity contribution < 1.29 is 19.4 Å². The van der Waals surface area contributed by atoms with Gasteiger partial charge in [0.15, 0.2) is 0 Å². The quantitative estimate of drug-likeness (QED) is 0.358. The average Bonchev–Trinajstić information content (AvgIpc) is 3.08. The molecule has 26 heavy (non-hydrogen) atoms. The lowest BCUT2D eigenvalue weighted by Crippen LogP contribution is -2.57. The zero-order valence-corrected chi connectivity index (χ0v) is 17.7. The molecule has 8 nitrogen and oxygen atoms in total. The van der Waals surface area contributed by atoms with Gasteiger partial charge in [0.1, 0.15) is 24.1 Å². The zero-order chi connectivity index (χ0) is 18.6. The van der Waals surface area contributed by atoms with Gasteiger partial charge in [-0.1, -0.05) is 6.92 Å². The second-order valence-electron chi connectivity index (χ2n) is 7.22. The molecule has 10 heteroatoms. The summed E-state index contributed by atoms with van der Waals surface area (Å²) in [5, 5.41) is 11.9. The fourth-order valence-corrected chi connectivity index (χ4v) is 7.96. The van der Waals surface area contributed by atoms with Crippen molar-refractivity contribution in [1.29, 1.82) is 0 Å². The highest BCUT2D eigenvalue weighted by atomic mass is 127. The number of hydrogen-bond acceptors (Lipinski definition) is 8. The third-order valence-electron chi connectivity index (χ3n) is 5.66. The first-order valence-corrected chi connectivity index (χ1v) is 11.7. The molecule has 6 atom stereocenters. The van der Waals surface area contributed by atoms with Crippen molar-refractivity contribution in [3.8, 4) is 0 Å². The minimum absolute atomic E-state index is 0.0542. The molecule has 4 rings (SSSR count). The van der Waals surface area contributed by atoms with Crippen molar-refractivity contribution in [1.82, 2.24) is 8.23 Å². The van der Waals surface area contributed by atoms with Crippen LogP contribution in [-0.2, 0) is 14.3 Å². The summed E-state index contributed by atoms with van der Waals surface area (Å²) in [4.78, 5) is 32.7. The van der Waals surface area contributed by atoms with Crippen molar-refractivity contribution >= 4 is 60.9 Å². The molecule has 4 aliphatic rings. The molecule has 2 unspecified atom stereocenters. The maximum absolute atomic E-state index is 12.0. The van der Waals surface area contributed by atoms with Crippen LogP contribution in [0.5, 0.6) is 0 Å². The number of hydrogen-bond donors (Lipinski definition) is 1. The molecule has 0 aliphatic carbocycles. The number of thioether (sulfide) groups is 1. The monoisotopic (exact) mass is 492 g/mol. The second-order valence-corrected chi connectivity index (χ2v) is 10.9. The third-order valence-corrected chi connectivity index (χ3v) is 9.43. The molecule has 4 heterocycles. The van der Waals surface area contributed by atoms with E-state index in [2.05, 4.69) is 18.2 Å². The van der Waals surface area contributed by atoms with Crippen molar-refractivity contribution in [3.05, 3.63) is 0 Å². The van der Waals surface area contributed by atoms with Gasteiger partial charge < -0.3 is 9.84 Å². The number of nitrogens with zero attached hydrogens (tertiary/aromatic N) is 4. The molecule has 2 saturated heterocycles. The molecular formula is C16H21IN4O4S. The zero-order valence-electron chi connectivity index (χ0n) is 14.7. The van der Waals surface area contributed by atoms with E-state index in [1.165, 1.54) is 0 Å². The molecule has 2 fully saturated rings. The number of rotatable bonds is 4. The fraction of sp³-hybridized carbons (Fsp3) is 0.688. The van der Waals surface area contributed by atoms with Crippen LogP contribution in [0.1, 0.15) is 20.8 Å². The Morgan fingerprint density at radius 2 is 2.23 bits per heavy atom. The van der Waals surface area contributed by atoms with Gasteiger partial charge in [-0.25, -0.2) is 9.79 Å². The molecular weight excluding hydrogens is 471 g/mol. The van der Waals surface area contributed by atoms with Gasteiger partial charge in [0.05, 0.1) is 14.9 Å². The van der Waals surface area contributed by atoms with Crippen LogP contribution in [0.3, 0.4) is 0 Å². The molecule has 0 aromatic heterocycles. The third kappa shape index (κ3) is 2.80. The lowest BCUT2D eigenvalue weighted by molar-refractivity contribution is -0.189. The summed E-state index contributed by atoms with van der Waals surface area (Å²) >= 11 is 1.45. The van der Waals surface area contributed by atoms with Crippen LogP contribution in [0.15, 0.2) is 9.98 Å². The highest BCUT2D eigenvalue weighted by molar-refractivity contribution is 14.2. The Kier molecular flexibility index (Phi) is 4.63. The topological polar surface area (TPSA) is 94.8 Å². The number of esters is 1. The standard InChI is InChI=1S/C16H21IN4O4S/c1-8-13(26-10-4-20-7-18-6-17-21(20)5-10)12(14(22)23)19-16(8,3)11-9(2)25-15(11)24/h6-11,13H,4-5H2,1-3H3,(H,22,23)/t8-,9+,10?,11-,13?,16+/m0/s1. The van der Waals surface area contributed by atoms with E-state index < -0.39 is 11.5 Å². The van der Waals surface area contributed by atoms with Gasteiger partial charge in [-0.05, 0) is 19.8 Å². The number of carbonyl (C=O) groups excluding carboxylic acids is 1. The molecule has 0 aromatic rings. The van der Waals surface area contributed by atoms with Crippen molar-refractivity contribution in [2.45, 2.75) is 42.9 Å². The lowest BCUT2D eigenvalue weighted by atomic mass is 9.72. The molecule has 4 aliphatic heterocycles. The number of ether oxygens (including phenoxy) is 1. The van der Waals surface area contributed by atoms with Crippen LogP contribution in [0.4, 0.5) is 0 Å². The first kappa shape index (κ1) is 18.4. The summed E-state index contributed by atoms with van der Waals surface area (Å²) in [6, 6.07) is 0. The van der Waals surface area contributed by atoms with Crippen LogP contribution in [0.25, 0.3) is 0 Å². The molecule has 0 aromatic carbocycles. The molecule has 0 spiro atoms. The first-order chi connectivity index (χ1) is 12.3. The highest BCUT2D eigenvalue weighted by Gasteiger charge is 2.60. The van der Waals surface area contributed by atoms with E-state index in [4.69, 9.17) is 4.74 Å². The Bertz CT molecular complexity index is 724. The molecule has 142 valence electrons.